The van der Waals surface area contributed by atoms with Crippen LogP contribution in [0.3, 0.4) is 0 Å². The standard InChI is InChI=1S/C16H18FNO3/c1-21-16(20)10-11-18(14-7-8-14)15(19)9-4-12-2-5-13(17)6-3-12/h2-6,9,14H,7-8,10-11H2,1H3/b9-4+. The van der Waals surface area contributed by atoms with Crippen molar-refractivity contribution in [1.82, 2.24) is 4.90 Å². The van der Waals surface area contributed by atoms with Crippen LogP contribution in [0.25, 0.3) is 6.08 Å². The van der Waals surface area contributed by atoms with Gasteiger partial charge < -0.3 is 9.64 Å². The Morgan fingerprint density at radius 2 is 2.00 bits per heavy atom. The van der Waals surface area contributed by atoms with Crippen LogP contribution < -0.4 is 0 Å². The van der Waals surface area contributed by atoms with Crippen molar-refractivity contribution in [3.63, 3.8) is 0 Å². The van der Waals surface area contributed by atoms with Crippen LogP contribution in [0.5, 0.6) is 0 Å². The summed E-state index contributed by atoms with van der Waals surface area (Å²) >= 11 is 0. The van der Waals surface area contributed by atoms with Crippen LogP contribution in [0.2, 0.25) is 0 Å². The smallest absolute Gasteiger partial charge is 0.307 e. The zero-order valence-electron chi connectivity index (χ0n) is 11.9. The number of benzene rings is 1. The minimum atomic E-state index is -0.323. The summed E-state index contributed by atoms with van der Waals surface area (Å²) in [5.74, 6) is -0.766. The average Bonchev–Trinajstić information content (AvgIpc) is 3.31. The number of carbonyl (C=O) groups excluding carboxylic acids is 2. The van der Waals surface area contributed by atoms with E-state index >= 15 is 0 Å². The van der Waals surface area contributed by atoms with Crippen molar-refractivity contribution < 1.29 is 18.7 Å². The SMILES string of the molecule is COC(=O)CCN(C(=O)/C=C/c1ccc(F)cc1)C1CC1. The molecule has 0 atom stereocenters. The molecule has 1 fully saturated rings. The van der Waals surface area contributed by atoms with Crippen LogP contribution in [0.15, 0.2) is 30.3 Å². The highest BCUT2D eigenvalue weighted by Gasteiger charge is 2.31. The quantitative estimate of drug-likeness (QED) is 0.597. The molecule has 0 unspecified atom stereocenters. The largest absolute Gasteiger partial charge is 0.469 e. The minimum Gasteiger partial charge on any atom is -0.469 e. The lowest BCUT2D eigenvalue weighted by Gasteiger charge is -2.20. The summed E-state index contributed by atoms with van der Waals surface area (Å²) in [6.07, 6.45) is 5.25. The van der Waals surface area contributed by atoms with Gasteiger partial charge in [0.2, 0.25) is 5.91 Å². The van der Waals surface area contributed by atoms with E-state index in [4.69, 9.17) is 0 Å². The normalized spacial score (nSPS) is 14.2. The number of carbonyl (C=O) groups is 2. The summed E-state index contributed by atoms with van der Waals surface area (Å²) in [5, 5.41) is 0. The summed E-state index contributed by atoms with van der Waals surface area (Å²) < 4.78 is 17.4. The Labute approximate surface area is 123 Å². The first-order chi connectivity index (χ1) is 10.1. The highest BCUT2D eigenvalue weighted by Crippen LogP contribution is 2.27. The molecule has 0 aliphatic heterocycles. The van der Waals surface area contributed by atoms with E-state index in [0.717, 1.165) is 18.4 Å². The van der Waals surface area contributed by atoms with Gasteiger partial charge in [0.1, 0.15) is 5.82 Å². The molecule has 2 rings (SSSR count). The number of halogens is 1. The monoisotopic (exact) mass is 291 g/mol. The molecule has 21 heavy (non-hydrogen) atoms. The molecule has 1 amide bonds. The lowest BCUT2D eigenvalue weighted by molar-refractivity contribution is -0.141. The third-order valence-electron chi connectivity index (χ3n) is 3.34. The Hall–Kier alpha value is -2.17. The van der Waals surface area contributed by atoms with Crippen molar-refractivity contribution in [2.45, 2.75) is 25.3 Å². The second kappa shape index (κ2) is 7.02. The lowest BCUT2D eigenvalue weighted by Crippen LogP contribution is -2.33. The number of methoxy groups -OCH3 is 1. The molecule has 0 spiro atoms. The molecule has 112 valence electrons. The molecule has 1 aliphatic rings. The Balaban J connectivity index is 1.95. The fourth-order valence-corrected chi connectivity index (χ4v) is 2.01. The molecule has 5 heteroatoms. The number of hydrogen-bond acceptors (Lipinski definition) is 3. The fraction of sp³-hybridized carbons (Fsp3) is 0.375. The Morgan fingerprint density at radius 3 is 2.57 bits per heavy atom. The number of ether oxygens (including phenoxy) is 1. The van der Waals surface area contributed by atoms with E-state index in [2.05, 4.69) is 4.74 Å². The van der Waals surface area contributed by atoms with E-state index in [0.29, 0.717) is 6.54 Å². The van der Waals surface area contributed by atoms with Crippen LogP contribution in [0.4, 0.5) is 4.39 Å². The van der Waals surface area contributed by atoms with Gasteiger partial charge in [-0.1, -0.05) is 12.1 Å². The van der Waals surface area contributed by atoms with Gasteiger partial charge in [0.25, 0.3) is 0 Å². The molecular formula is C16H18FNO3. The number of esters is 1. The van der Waals surface area contributed by atoms with Crippen molar-refractivity contribution in [3.8, 4) is 0 Å². The highest BCUT2D eigenvalue weighted by atomic mass is 19.1. The van der Waals surface area contributed by atoms with Crippen LogP contribution >= 0.6 is 0 Å². The maximum Gasteiger partial charge on any atom is 0.307 e. The van der Waals surface area contributed by atoms with Gasteiger partial charge in [-0.05, 0) is 36.6 Å². The summed E-state index contributed by atoms with van der Waals surface area (Å²) in [4.78, 5) is 25.0. The molecule has 1 aromatic rings. The van der Waals surface area contributed by atoms with Crippen LogP contribution in [-0.4, -0.2) is 36.5 Å². The van der Waals surface area contributed by atoms with E-state index in [-0.39, 0.29) is 30.2 Å². The van der Waals surface area contributed by atoms with E-state index in [1.165, 1.54) is 25.3 Å². The molecule has 1 aliphatic carbocycles. The number of rotatable bonds is 6. The number of amides is 1. The van der Waals surface area contributed by atoms with E-state index < -0.39 is 0 Å². The van der Waals surface area contributed by atoms with Gasteiger partial charge in [-0.25, -0.2) is 4.39 Å². The molecule has 4 nitrogen and oxygen atoms in total. The van der Waals surface area contributed by atoms with Crippen molar-refractivity contribution in [2.75, 3.05) is 13.7 Å². The topological polar surface area (TPSA) is 46.6 Å². The van der Waals surface area contributed by atoms with Crippen LogP contribution in [-0.2, 0) is 14.3 Å². The molecule has 1 saturated carbocycles. The Kier molecular flexibility index (Phi) is 5.09. The zero-order valence-corrected chi connectivity index (χ0v) is 11.9. The summed E-state index contributed by atoms with van der Waals surface area (Å²) in [6.45, 7) is 0.365. The lowest BCUT2D eigenvalue weighted by atomic mass is 10.2. The molecule has 0 bridgehead atoms. The van der Waals surface area contributed by atoms with E-state index in [1.807, 2.05) is 0 Å². The maximum atomic E-state index is 12.8. The van der Waals surface area contributed by atoms with Crippen molar-refractivity contribution in [2.24, 2.45) is 0 Å². The van der Waals surface area contributed by atoms with Crippen molar-refractivity contribution >= 4 is 18.0 Å². The van der Waals surface area contributed by atoms with Gasteiger partial charge in [-0.3, -0.25) is 9.59 Å². The second-order valence-corrected chi connectivity index (χ2v) is 4.97. The first-order valence-corrected chi connectivity index (χ1v) is 6.91. The first kappa shape index (κ1) is 15.2. The minimum absolute atomic E-state index is 0.134. The summed E-state index contributed by atoms with van der Waals surface area (Å²) in [5.41, 5.74) is 0.758. The molecule has 0 aromatic heterocycles. The zero-order chi connectivity index (χ0) is 15.2. The molecule has 0 heterocycles. The predicted octanol–water partition coefficient (Wildman–Crippen LogP) is 2.39. The number of hydrogen-bond donors (Lipinski definition) is 0. The second-order valence-electron chi connectivity index (χ2n) is 4.97. The summed E-state index contributed by atoms with van der Waals surface area (Å²) in [6, 6.07) is 6.13. The van der Waals surface area contributed by atoms with Crippen molar-refractivity contribution in [1.29, 1.82) is 0 Å². The van der Waals surface area contributed by atoms with Crippen LogP contribution in [0, 0.1) is 5.82 Å². The van der Waals surface area contributed by atoms with E-state index in [1.54, 1.807) is 23.1 Å². The Morgan fingerprint density at radius 1 is 1.33 bits per heavy atom. The third kappa shape index (κ3) is 4.70. The van der Waals surface area contributed by atoms with Gasteiger partial charge in [0, 0.05) is 18.7 Å². The summed E-state index contributed by atoms with van der Waals surface area (Å²) in [7, 11) is 1.33. The van der Waals surface area contributed by atoms with Gasteiger partial charge in [-0.2, -0.15) is 0 Å². The predicted molar refractivity (Wildman–Crippen MR) is 76.8 cm³/mol. The average molecular weight is 291 g/mol. The third-order valence-corrected chi connectivity index (χ3v) is 3.34. The molecule has 0 saturated heterocycles. The van der Waals surface area contributed by atoms with E-state index in [9.17, 15) is 14.0 Å². The van der Waals surface area contributed by atoms with Crippen molar-refractivity contribution in [3.05, 3.63) is 41.7 Å². The molecule has 0 N–H and O–H groups in total. The molecule has 0 radical (unpaired) electrons. The van der Waals surface area contributed by atoms with Gasteiger partial charge >= 0.3 is 5.97 Å². The highest BCUT2D eigenvalue weighted by molar-refractivity contribution is 5.92. The molecular weight excluding hydrogens is 273 g/mol. The van der Waals surface area contributed by atoms with Gasteiger partial charge in [0.05, 0.1) is 13.5 Å². The fourth-order valence-electron chi connectivity index (χ4n) is 2.01. The van der Waals surface area contributed by atoms with Gasteiger partial charge in [0.15, 0.2) is 0 Å². The molecule has 1 aromatic carbocycles. The van der Waals surface area contributed by atoms with Crippen LogP contribution in [0.1, 0.15) is 24.8 Å². The first-order valence-electron chi connectivity index (χ1n) is 6.91. The Bertz CT molecular complexity index is 535. The van der Waals surface area contributed by atoms with Gasteiger partial charge in [-0.15, -0.1) is 0 Å². The maximum absolute atomic E-state index is 12.8. The number of nitrogens with zero attached hydrogens (tertiary/aromatic N) is 1.